The van der Waals surface area contributed by atoms with Crippen molar-refractivity contribution in [2.75, 3.05) is 13.2 Å². The van der Waals surface area contributed by atoms with Crippen LogP contribution in [0.4, 0.5) is 0 Å². The molecule has 0 aliphatic rings. The zero-order valence-corrected chi connectivity index (χ0v) is 12.3. The van der Waals surface area contributed by atoms with Gasteiger partial charge in [0.05, 0.1) is 23.8 Å². The van der Waals surface area contributed by atoms with Gasteiger partial charge < -0.3 is 9.47 Å². The molecule has 20 heavy (non-hydrogen) atoms. The van der Waals surface area contributed by atoms with Crippen LogP contribution in [0.1, 0.15) is 38.2 Å². The Kier molecular flexibility index (Phi) is 7.52. The molecule has 5 heteroatoms. The van der Waals surface area contributed by atoms with Crippen molar-refractivity contribution in [1.82, 2.24) is 0 Å². The van der Waals surface area contributed by atoms with Crippen molar-refractivity contribution in [3.05, 3.63) is 28.8 Å². The fourth-order valence-corrected chi connectivity index (χ4v) is 1.86. The largest absolute Gasteiger partial charge is 0.494 e. The van der Waals surface area contributed by atoms with Gasteiger partial charge in [-0.2, -0.15) is 5.26 Å². The molecule has 0 spiro atoms. The average Bonchev–Trinajstić information content (AvgIpc) is 2.43. The molecule has 0 unspecified atom stereocenters. The molecule has 1 aromatic carbocycles. The lowest BCUT2D eigenvalue weighted by molar-refractivity contribution is -0.143. The number of hydrogen-bond acceptors (Lipinski definition) is 4. The monoisotopic (exact) mass is 295 g/mol. The van der Waals surface area contributed by atoms with Crippen LogP contribution in [-0.2, 0) is 9.53 Å². The summed E-state index contributed by atoms with van der Waals surface area (Å²) in [6.45, 7) is 2.79. The fourth-order valence-electron chi connectivity index (χ4n) is 1.65. The number of nitriles is 1. The molecule has 1 aromatic rings. The molecule has 0 atom stereocenters. The van der Waals surface area contributed by atoms with Crippen LogP contribution in [0.3, 0.4) is 0 Å². The van der Waals surface area contributed by atoms with E-state index in [1.807, 2.05) is 6.07 Å². The molecule has 0 radical (unpaired) electrons. The van der Waals surface area contributed by atoms with Gasteiger partial charge in [0.1, 0.15) is 11.8 Å². The van der Waals surface area contributed by atoms with Gasteiger partial charge in [0, 0.05) is 12.5 Å². The van der Waals surface area contributed by atoms with Gasteiger partial charge in [-0.3, -0.25) is 4.79 Å². The maximum Gasteiger partial charge on any atom is 0.305 e. The van der Waals surface area contributed by atoms with Gasteiger partial charge in [0.25, 0.3) is 0 Å². The van der Waals surface area contributed by atoms with Crippen LogP contribution < -0.4 is 4.74 Å². The highest BCUT2D eigenvalue weighted by Gasteiger charge is 2.03. The van der Waals surface area contributed by atoms with Crippen molar-refractivity contribution >= 4 is 17.6 Å². The zero-order chi connectivity index (χ0) is 14.8. The van der Waals surface area contributed by atoms with Gasteiger partial charge in [-0.1, -0.05) is 11.6 Å². The van der Waals surface area contributed by atoms with E-state index in [0.29, 0.717) is 36.0 Å². The summed E-state index contributed by atoms with van der Waals surface area (Å²) in [5, 5.41) is 9.15. The Balaban J connectivity index is 2.17. The molecular weight excluding hydrogens is 278 g/mol. The highest BCUT2D eigenvalue weighted by atomic mass is 35.5. The topological polar surface area (TPSA) is 59.3 Å². The van der Waals surface area contributed by atoms with E-state index < -0.39 is 0 Å². The Morgan fingerprint density at radius 3 is 2.80 bits per heavy atom. The normalized spacial score (nSPS) is 9.85. The summed E-state index contributed by atoms with van der Waals surface area (Å²) in [5.74, 6) is 0.506. The van der Waals surface area contributed by atoms with Crippen molar-refractivity contribution in [2.24, 2.45) is 0 Å². The summed E-state index contributed by atoms with van der Waals surface area (Å²) in [4.78, 5) is 11.1. The molecule has 0 heterocycles. The average molecular weight is 296 g/mol. The van der Waals surface area contributed by atoms with Crippen LogP contribution in [-0.4, -0.2) is 19.2 Å². The van der Waals surface area contributed by atoms with Gasteiger partial charge >= 0.3 is 5.97 Å². The maximum atomic E-state index is 11.1. The SMILES string of the molecule is CCOC(=O)CCCCCOc1ccc(C#N)c(Cl)c1. The summed E-state index contributed by atoms with van der Waals surface area (Å²) in [7, 11) is 0. The fraction of sp³-hybridized carbons (Fsp3) is 0.467. The van der Waals surface area contributed by atoms with Crippen molar-refractivity contribution in [3.63, 3.8) is 0 Å². The Hall–Kier alpha value is -1.73. The van der Waals surface area contributed by atoms with E-state index in [4.69, 9.17) is 26.3 Å². The van der Waals surface area contributed by atoms with Crippen molar-refractivity contribution in [3.8, 4) is 11.8 Å². The van der Waals surface area contributed by atoms with E-state index in [0.717, 1.165) is 19.3 Å². The van der Waals surface area contributed by atoms with E-state index in [1.54, 1.807) is 25.1 Å². The summed E-state index contributed by atoms with van der Waals surface area (Å²) in [6.07, 6.45) is 3.02. The molecule has 0 amide bonds. The lowest BCUT2D eigenvalue weighted by Gasteiger charge is -2.07. The molecule has 0 aromatic heterocycles. The van der Waals surface area contributed by atoms with Crippen LogP contribution in [0.2, 0.25) is 5.02 Å². The summed E-state index contributed by atoms with van der Waals surface area (Å²) >= 11 is 5.90. The Morgan fingerprint density at radius 2 is 2.15 bits per heavy atom. The number of esters is 1. The summed E-state index contributed by atoms with van der Waals surface area (Å²) < 4.78 is 10.4. The smallest absolute Gasteiger partial charge is 0.305 e. The molecule has 0 aliphatic carbocycles. The van der Waals surface area contributed by atoms with E-state index in [9.17, 15) is 4.79 Å². The van der Waals surface area contributed by atoms with E-state index in [2.05, 4.69) is 0 Å². The third kappa shape index (κ3) is 5.94. The van der Waals surface area contributed by atoms with Crippen LogP contribution >= 0.6 is 11.6 Å². The number of carbonyl (C=O) groups excluding carboxylic acids is 1. The number of unbranched alkanes of at least 4 members (excludes halogenated alkanes) is 2. The van der Waals surface area contributed by atoms with Crippen LogP contribution in [0.15, 0.2) is 18.2 Å². The van der Waals surface area contributed by atoms with Gasteiger partial charge in [-0.05, 0) is 38.3 Å². The van der Waals surface area contributed by atoms with E-state index in [1.165, 1.54) is 0 Å². The lowest BCUT2D eigenvalue weighted by Crippen LogP contribution is -2.04. The number of benzene rings is 1. The molecule has 0 bridgehead atoms. The minimum atomic E-state index is -0.146. The number of ether oxygens (including phenoxy) is 2. The molecule has 0 saturated carbocycles. The first-order valence-corrected chi connectivity index (χ1v) is 7.03. The summed E-state index contributed by atoms with van der Waals surface area (Å²) in [5.41, 5.74) is 0.438. The molecule has 1 rings (SSSR count). The zero-order valence-electron chi connectivity index (χ0n) is 11.5. The van der Waals surface area contributed by atoms with E-state index >= 15 is 0 Å². The Bertz CT molecular complexity index is 482. The van der Waals surface area contributed by atoms with Gasteiger partial charge in [-0.15, -0.1) is 0 Å². The molecule has 0 N–H and O–H groups in total. The molecule has 0 saturated heterocycles. The predicted octanol–water partition coefficient (Wildman–Crippen LogP) is 3.71. The van der Waals surface area contributed by atoms with Crippen LogP contribution in [0, 0.1) is 11.3 Å². The second-order valence-electron chi connectivity index (χ2n) is 4.22. The quantitative estimate of drug-likeness (QED) is 0.542. The minimum Gasteiger partial charge on any atom is -0.494 e. The highest BCUT2D eigenvalue weighted by molar-refractivity contribution is 6.31. The van der Waals surface area contributed by atoms with Gasteiger partial charge in [-0.25, -0.2) is 0 Å². The number of rotatable bonds is 8. The van der Waals surface area contributed by atoms with Crippen LogP contribution in [0.5, 0.6) is 5.75 Å². The van der Waals surface area contributed by atoms with Gasteiger partial charge in [0.2, 0.25) is 0 Å². The third-order valence-electron chi connectivity index (χ3n) is 2.66. The molecular formula is C15H18ClNO3. The first kappa shape index (κ1) is 16.3. The predicted molar refractivity (Wildman–Crippen MR) is 76.8 cm³/mol. The number of carbonyl (C=O) groups is 1. The Morgan fingerprint density at radius 1 is 1.35 bits per heavy atom. The minimum absolute atomic E-state index is 0.146. The number of halogens is 1. The standard InChI is InChI=1S/C15H18ClNO3/c1-2-19-15(18)6-4-3-5-9-20-13-8-7-12(11-17)14(16)10-13/h7-8,10H,2-6,9H2,1H3. The molecule has 4 nitrogen and oxygen atoms in total. The lowest BCUT2D eigenvalue weighted by atomic mass is 10.2. The molecule has 0 fully saturated rings. The summed E-state index contributed by atoms with van der Waals surface area (Å²) in [6, 6.07) is 7.00. The van der Waals surface area contributed by atoms with Crippen molar-refractivity contribution in [2.45, 2.75) is 32.6 Å². The second-order valence-corrected chi connectivity index (χ2v) is 4.62. The molecule has 108 valence electrons. The third-order valence-corrected chi connectivity index (χ3v) is 2.97. The number of hydrogen-bond donors (Lipinski definition) is 0. The van der Waals surface area contributed by atoms with Crippen molar-refractivity contribution in [1.29, 1.82) is 5.26 Å². The Labute approximate surface area is 124 Å². The van der Waals surface area contributed by atoms with Crippen molar-refractivity contribution < 1.29 is 14.3 Å². The number of nitrogens with zero attached hydrogens (tertiary/aromatic N) is 1. The van der Waals surface area contributed by atoms with E-state index in [-0.39, 0.29) is 5.97 Å². The maximum absolute atomic E-state index is 11.1. The van der Waals surface area contributed by atoms with Crippen LogP contribution in [0.25, 0.3) is 0 Å². The molecule has 0 aliphatic heterocycles. The first-order chi connectivity index (χ1) is 9.67. The highest BCUT2D eigenvalue weighted by Crippen LogP contribution is 2.22. The van der Waals surface area contributed by atoms with Gasteiger partial charge in [0.15, 0.2) is 0 Å². The first-order valence-electron chi connectivity index (χ1n) is 6.65. The second kappa shape index (κ2) is 9.22.